The van der Waals surface area contributed by atoms with E-state index in [1.165, 1.54) is 23.8 Å². The van der Waals surface area contributed by atoms with E-state index in [2.05, 4.69) is 0 Å². The number of benzene rings is 2. The third-order valence-corrected chi connectivity index (χ3v) is 8.31. The minimum absolute atomic E-state index is 0.0536. The lowest BCUT2D eigenvalue weighted by molar-refractivity contribution is -0.139. The highest BCUT2D eigenvalue weighted by molar-refractivity contribution is 7.07. The minimum atomic E-state index is -1.16. The van der Waals surface area contributed by atoms with Gasteiger partial charge in [0.15, 0.2) is 4.80 Å². The predicted octanol–water partition coefficient (Wildman–Crippen LogP) is 5.85. The number of rotatable bonds is 9. The molecular weight excluding hydrogens is 615 g/mol. The van der Waals surface area contributed by atoms with Gasteiger partial charge in [0.25, 0.3) is 5.56 Å². The highest BCUT2D eigenvalue weighted by Crippen LogP contribution is 2.38. The van der Waals surface area contributed by atoms with Gasteiger partial charge in [-0.05, 0) is 61.9 Å². The van der Waals surface area contributed by atoms with Gasteiger partial charge >= 0.3 is 11.9 Å². The Morgan fingerprint density at radius 2 is 1.93 bits per heavy atom. The van der Waals surface area contributed by atoms with Crippen molar-refractivity contribution in [3.8, 4) is 17.1 Å². The highest BCUT2D eigenvalue weighted by Gasteiger charge is 2.36. The fourth-order valence-corrected chi connectivity index (χ4v) is 6.27. The van der Waals surface area contributed by atoms with Crippen molar-refractivity contribution in [1.82, 2.24) is 4.57 Å². The number of halogens is 2. The molecule has 1 atom stereocenters. The fourth-order valence-electron chi connectivity index (χ4n) is 4.89. The van der Waals surface area contributed by atoms with Crippen molar-refractivity contribution in [3.05, 3.63) is 106 Å². The van der Waals surface area contributed by atoms with Gasteiger partial charge in [-0.1, -0.05) is 47.9 Å². The molecule has 43 heavy (non-hydrogen) atoms. The zero-order valence-electron chi connectivity index (χ0n) is 23.4. The number of ether oxygens (including phenoxy) is 2. The van der Waals surface area contributed by atoms with Crippen molar-refractivity contribution in [2.45, 2.75) is 32.7 Å². The minimum Gasteiger partial charge on any atom is -0.496 e. The second-order valence-corrected chi connectivity index (χ2v) is 11.4. The van der Waals surface area contributed by atoms with Crippen LogP contribution in [-0.4, -0.2) is 35.3 Å². The quantitative estimate of drug-likeness (QED) is 0.228. The molecule has 0 radical (unpaired) electrons. The zero-order chi connectivity index (χ0) is 30.8. The molecule has 1 N–H and O–H groups in total. The lowest BCUT2D eigenvalue weighted by Gasteiger charge is -2.27. The van der Waals surface area contributed by atoms with Crippen LogP contribution in [0.3, 0.4) is 0 Å². The number of esters is 1. The first-order valence-electron chi connectivity index (χ1n) is 13.3. The summed E-state index contributed by atoms with van der Waals surface area (Å²) in [5.74, 6) is -0.523. The van der Waals surface area contributed by atoms with Gasteiger partial charge in [-0.3, -0.25) is 9.36 Å². The summed E-state index contributed by atoms with van der Waals surface area (Å²) in [5.41, 5.74) is 1.36. The molecule has 0 amide bonds. The standard InChI is InChI=1S/C31H26Cl2N2O7S/c1-4-6-22-26(30(39)41-5-2)27(20-14-17(32)8-11-24(20)40-3)35-28(36)25(43-31(35)34-22)15-18-9-12-23(42-18)16-7-10-21(33)19(13-16)29(37)38/h7-15,27H,4-6H2,1-3H3,(H,37,38)/b25-15+/t27-/m1/s1. The van der Waals surface area contributed by atoms with Gasteiger partial charge in [0, 0.05) is 22.2 Å². The zero-order valence-corrected chi connectivity index (χ0v) is 25.7. The summed E-state index contributed by atoms with van der Waals surface area (Å²) < 4.78 is 18.8. The number of aromatic nitrogens is 1. The van der Waals surface area contributed by atoms with Crippen LogP contribution in [0.15, 0.2) is 74.0 Å². The Labute approximate surface area is 259 Å². The van der Waals surface area contributed by atoms with Gasteiger partial charge in [0.1, 0.15) is 23.3 Å². The Morgan fingerprint density at radius 1 is 1.14 bits per heavy atom. The number of furan rings is 1. The van der Waals surface area contributed by atoms with E-state index in [9.17, 15) is 19.5 Å². The summed E-state index contributed by atoms with van der Waals surface area (Å²) in [6.45, 7) is 3.84. The Bertz CT molecular complexity index is 1950. The van der Waals surface area contributed by atoms with Crippen molar-refractivity contribution in [2.75, 3.05) is 13.7 Å². The van der Waals surface area contributed by atoms with Crippen molar-refractivity contribution in [2.24, 2.45) is 4.99 Å². The average molecular weight is 642 g/mol. The number of carboxylic acids is 1. The number of nitrogens with zero attached hydrogens (tertiary/aromatic N) is 2. The molecule has 0 aliphatic carbocycles. The second kappa shape index (κ2) is 12.6. The van der Waals surface area contributed by atoms with Crippen LogP contribution in [0.1, 0.15) is 54.4 Å². The molecule has 12 heteroatoms. The van der Waals surface area contributed by atoms with Crippen molar-refractivity contribution < 1.29 is 28.6 Å². The first-order chi connectivity index (χ1) is 20.7. The fraction of sp³-hybridized carbons (Fsp3) is 0.226. The van der Waals surface area contributed by atoms with E-state index < -0.39 is 23.5 Å². The SMILES string of the molecule is CCCC1=C(C(=O)OCC)[C@@H](c2cc(Cl)ccc2OC)n2c(s/c(=C/c3ccc(-c4ccc(Cl)c(C(=O)O)c4)o3)c2=O)=N1. The Morgan fingerprint density at radius 3 is 2.63 bits per heavy atom. The first kappa shape index (κ1) is 30.3. The van der Waals surface area contributed by atoms with E-state index in [-0.39, 0.29) is 22.8 Å². The van der Waals surface area contributed by atoms with Crippen LogP contribution in [-0.2, 0) is 9.53 Å². The molecule has 0 fully saturated rings. The van der Waals surface area contributed by atoms with Crippen molar-refractivity contribution >= 4 is 52.6 Å². The van der Waals surface area contributed by atoms with Gasteiger partial charge in [-0.2, -0.15) is 0 Å². The molecule has 9 nitrogen and oxygen atoms in total. The number of fused-ring (bicyclic) bond motifs is 1. The van der Waals surface area contributed by atoms with Crippen molar-refractivity contribution in [3.63, 3.8) is 0 Å². The second-order valence-electron chi connectivity index (χ2n) is 9.50. The van der Waals surface area contributed by atoms with E-state index >= 15 is 0 Å². The van der Waals surface area contributed by atoms with Gasteiger partial charge in [-0.25, -0.2) is 14.6 Å². The molecule has 0 saturated heterocycles. The molecule has 0 spiro atoms. The molecule has 0 unspecified atom stereocenters. The van der Waals surface area contributed by atoms with Gasteiger partial charge < -0.3 is 19.0 Å². The molecular formula is C31H26Cl2N2O7S. The molecule has 0 saturated carbocycles. The summed E-state index contributed by atoms with van der Waals surface area (Å²) >= 11 is 13.6. The van der Waals surface area contributed by atoms with Crippen LogP contribution in [0, 0.1) is 0 Å². The maximum atomic E-state index is 14.0. The van der Waals surface area contributed by atoms with E-state index in [1.54, 1.807) is 49.4 Å². The molecule has 1 aliphatic rings. The number of hydrogen-bond donors (Lipinski definition) is 1. The topological polar surface area (TPSA) is 120 Å². The highest BCUT2D eigenvalue weighted by atomic mass is 35.5. The molecule has 222 valence electrons. The summed E-state index contributed by atoms with van der Waals surface area (Å²) in [7, 11) is 1.51. The summed E-state index contributed by atoms with van der Waals surface area (Å²) in [4.78, 5) is 44.1. The monoisotopic (exact) mass is 640 g/mol. The number of allylic oxidation sites excluding steroid dienone is 1. The number of carbonyl (C=O) groups is 2. The van der Waals surface area contributed by atoms with Gasteiger partial charge in [0.05, 0.1) is 40.1 Å². The lowest BCUT2D eigenvalue weighted by atomic mass is 9.93. The first-order valence-corrected chi connectivity index (χ1v) is 14.9. The molecule has 2 aromatic heterocycles. The van der Waals surface area contributed by atoms with Crippen LogP contribution in [0.25, 0.3) is 17.4 Å². The molecule has 3 heterocycles. The smallest absolute Gasteiger partial charge is 0.338 e. The summed E-state index contributed by atoms with van der Waals surface area (Å²) in [6, 6.07) is 12.0. The van der Waals surface area contributed by atoms with Crippen molar-refractivity contribution in [1.29, 1.82) is 0 Å². The summed E-state index contributed by atoms with van der Waals surface area (Å²) in [5, 5.41) is 9.94. The van der Waals surface area contributed by atoms with Crippen LogP contribution < -0.4 is 19.6 Å². The Hall–Kier alpha value is -4.12. The Balaban J connectivity index is 1.69. The molecule has 5 rings (SSSR count). The molecule has 0 bridgehead atoms. The molecule has 1 aliphatic heterocycles. The number of aromatic carboxylic acids is 1. The number of hydrogen-bond acceptors (Lipinski definition) is 8. The maximum Gasteiger partial charge on any atom is 0.338 e. The predicted molar refractivity (Wildman–Crippen MR) is 164 cm³/mol. The lowest BCUT2D eigenvalue weighted by Crippen LogP contribution is -2.40. The summed E-state index contributed by atoms with van der Waals surface area (Å²) in [6.07, 6.45) is 2.78. The Kier molecular flexibility index (Phi) is 8.91. The normalized spacial score (nSPS) is 14.8. The average Bonchev–Trinajstić information content (AvgIpc) is 3.57. The van der Waals surface area contributed by atoms with E-state index in [0.29, 0.717) is 61.3 Å². The van der Waals surface area contributed by atoms with E-state index in [1.807, 2.05) is 6.92 Å². The largest absolute Gasteiger partial charge is 0.496 e. The third-order valence-electron chi connectivity index (χ3n) is 6.76. The van der Waals surface area contributed by atoms with Gasteiger partial charge in [0.2, 0.25) is 0 Å². The number of carboxylic acid groups (broad SMARTS) is 1. The molecule has 4 aromatic rings. The maximum absolute atomic E-state index is 14.0. The van der Waals surface area contributed by atoms with Gasteiger partial charge in [-0.15, -0.1) is 0 Å². The molecule has 2 aromatic carbocycles. The number of carbonyl (C=O) groups excluding carboxylic acids is 1. The van der Waals surface area contributed by atoms with Crippen LogP contribution in [0.2, 0.25) is 10.0 Å². The number of methoxy groups -OCH3 is 1. The van der Waals surface area contributed by atoms with Crippen LogP contribution in [0.4, 0.5) is 0 Å². The number of thiazole rings is 1. The van der Waals surface area contributed by atoms with Crippen LogP contribution in [0.5, 0.6) is 5.75 Å². The van der Waals surface area contributed by atoms with E-state index in [4.69, 9.17) is 42.1 Å². The third kappa shape index (κ3) is 5.90. The van der Waals surface area contributed by atoms with Crippen LogP contribution >= 0.6 is 34.5 Å². The van der Waals surface area contributed by atoms with E-state index in [0.717, 1.165) is 11.3 Å².